The molecule has 0 aromatic rings. The van der Waals surface area contributed by atoms with Crippen LogP contribution in [0, 0.1) is 5.92 Å². The van der Waals surface area contributed by atoms with Crippen LogP contribution in [0.2, 0.25) is 0 Å². The largest absolute Gasteiger partial charge is 0.349 e. The van der Waals surface area contributed by atoms with Crippen molar-refractivity contribution in [3.05, 3.63) is 0 Å². The highest BCUT2D eigenvalue weighted by Crippen LogP contribution is 2.06. The zero-order valence-corrected chi connectivity index (χ0v) is 8.79. The average molecular weight is 172 g/mol. The van der Waals surface area contributed by atoms with E-state index in [0.29, 0.717) is 0 Å². The van der Waals surface area contributed by atoms with Crippen molar-refractivity contribution in [2.24, 2.45) is 5.92 Å². The fourth-order valence-corrected chi connectivity index (χ4v) is 1.19. The lowest BCUT2D eigenvalue weighted by Crippen LogP contribution is -2.35. The van der Waals surface area contributed by atoms with Gasteiger partial charge in [0.2, 0.25) is 5.91 Å². The molecule has 0 radical (unpaired) electrons. The van der Waals surface area contributed by atoms with Crippen LogP contribution in [0.1, 0.15) is 13.3 Å². The summed E-state index contributed by atoms with van der Waals surface area (Å²) in [7, 11) is 7.60. The number of amides is 1. The predicted molar refractivity (Wildman–Crippen MR) is 51.0 cm³/mol. The summed E-state index contributed by atoms with van der Waals surface area (Å²) in [5.74, 6) is 0.376. The van der Waals surface area contributed by atoms with E-state index in [1.165, 1.54) is 0 Å². The van der Waals surface area contributed by atoms with Crippen molar-refractivity contribution in [2.75, 3.05) is 34.7 Å². The Kier molecular flexibility index (Phi) is 4.90. The maximum atomic E-state index is 11.5. The van der Waals surface area contributed by atoms with Crippen molar-refractivity contribution in [2.45, 2.75) is 13.3 Å². The molecule has 0 heterocycles. The summed E-state index contributed by atoms with van der Waals surface area (Å²) in [5.41, 5.74) is 0. The van der Waals surface area contributed by atoms with E-state index in [1.807, 2.05) is 14.1 Å². The van der Waals surface area contributed by atoms with Crippen LogP contribution in [0.5, 0.6) is 0 Å². The molecule has 3 heteroatoms. The predicted octanol–water partition coefficient (Wildman–Crippen LogP) is 0.662. The molecule has 12 heavy (non-hydrogen) atoms. The third kappa shape index (κ3) is 3.72. The Bertz CT molecular complexity index is 143. The standard InChI is InChI=1S/C9H20N2O/c1-6-8(7-10(2)3)9(12)11(4)5/h8H,6-7H2,1-5H3. The summed E-state index contributed by atoms with van der Waals surface area (Å²) in [6.07, 6.45) is 0.912. The molecule has 0 aromatic heterocycles. The molecule has 0 aliphatic carbocycles. The van der Waals surface area contributed by atoms with Crippen LogP contribution < -0.4 is 0 Å². The summed E-state index contributed by atoms with van der Waals surface area (Å²) in [5, 5.41) is 0. The van der Waals surface area contributed by atoms with Gasteiger partial charge in [-0.2, -0.15) is 0 Å². The second-order valence-electron chi connectivity index (χ2n) is 3.60. The van der Waals surface area contributed by atoms with E-state index in [4.69, 9.17) is 0 Å². The Morgan fingerprint density at radius 1 is 1.25 bits per heavy atom. The summed E-state index contributed by atoms with van der Waals surface area (Å²) in [6, 6.07) is 0. The molecule has 0 N–H and O–H groups in total. The molecule has 3 nitrogen and oxygen atoms in total. The topological polar surface area (TPSA) is 23.6 Å². The zero-order chi connectivity index (χ0) is 9.72. The quantitative estimate of drug-likeness (QED) is 0.622. The van der Waals surface area contributed by atoms with E-state index >= 15 is 0 Å². The third-order valence-corrected chi connectivity index (χ3v) is 1.87. The van der Waals surface area contributed by atoms with E-state index in [2.05, 4.69) is 11.8 Å². The first-order valence-corrected chi connectivity index (χ1v) is 4.35. The van der Waals surface area contributed by atoms with E-state index < -0.39 is 0 Å². The lowest BCUT2D eigenvalue weighted by atomic mass is 10.1. The first-order valence-electron chi connectivity index (χ1n) is 4.35. The molecule has 0 fully saturated rings. The number of rotatable bonds is 4. The number of hydrogen-bond acceptors (Lipinski definition) is 2. The zero-order valence-electron chi connectivity index (χ0n) is 8.79. The molecule has 0 aliphatic rings. The van der Waals surface area contributed by atoms with Crippen LogP contribution >= 0.6 is 0 Å². The van der Waals surface area contributed by atoms with Gasteiger partial charge in [-0.05, 0) is 20.5 Å². The van der Waals surface area contributed by atoms with Crippen LogP contribution in [-0.2, 0) is 4.79 Å². The lowest BCUT2D eigenvalue weighted by Gasteiger charge is -2.22. The molecular formula is C9H20N2O. The fraction of sp³-hybridized carbons (Fsp3) is 0.889. The van der Waals surface area contributed by atoms with Gasteiger partial charge in [0, 0.05) is 20.6 Å². The Balaban J connectivity index is 4.06. The molecule has 0 spiro atoms. The second kappa shape index (κ2) is 5.14. The first-order chi connectivity index (χ1) is 5.49. The average Bonchev–Trinajstić information content (AvgIpc) is 1.98. The van der Waals surface area contributed by atoms with E-state index in [0.717, 1.165) is 13.0 Å². The van der Waals surface area contributed by atoms with Crippen molar-refractivity contribution in [3.8, 4) is 0 Å². The normalized spacial score (nSPS) is 13.2. The van der Waals surface area contributed by atoms with Crippen molar-refractivity contribution in [1.29, 1.82) is 0 Å². The van der Waals surface area contributed by atoms with Gasteiger partial charge in [-0.25, -0.2) is 0 Å². The van der Waals surface area contributed by atoms with Gasteiger partial charge in [-0.3, -0.25) is 4.79 Å². The summed E-state index contributed by atoms with van der Waals surface area (Å²) < 4.78 is 0. The molecule has 0 saturated carbocycles. The van der Waals surface area contributed by atoms with Crippen LogP contribution in [-0.4, -0.2) is 50.4 Å². The van der Waals surface area contributed by atoms with Gasteiger partial charge in [-0.15, -0.1) is 0 Å². The molecule has 0 bridgehead atoms. The van der Waals surface area contributed by atoms with E-state index in [9.17, 15) is 4.79 Å². The van der Waals surface area contributed by atoms with Crippen molar-refractivity contribution in [3.63, 3.8) is 0 Å². The molecule has 1 atom stereocenters. The molecule has 0 aliphatic heterocycles. The van der Waals surface area contributed by atoms with E-state index in [-0.39, 0.29) is 11.8 Å². The number of carbonyl (C=O) groups excluding carboxylic acids is 1. The maximum Gasteiger partial charge on any atom is 0.226 e. The molecular weight excluding hydrogens is 152 g/mol. The Hall–Kier alpha value is -0.570. The van der Waals surface area contributed by atoms with Gasteiger partial charge in [0.1, 0.15) is 0 Å². The first kappa shape index (κ1) is 11.4. The minimum Gasteiger partial charge on any atom is -0.349 e. The summed E-state index contributed by atoms with van der Waals surface area (Å²) >= 11 is 0. The molecule has 0 saturated heterocycles. The monoisotopic (exact) mass is 172 g/mol. The van der Waals surface area contributed by atoms with Gasteiger partial charge >= 0.3 is 0 Å². The number of carbonyl (C=O) groups is 1. The van der Waals surface area contributed by atoms with Gasteiger partial charge in [0.05, 0.1) is 5.92 Å². The third-order valence-electron chi connectivity index (χ3n) is 1.87. The number of nitrogens with zero attached hydrogens (tertiary/aromatic N) is 2. The second-order valence-corrected chi connectivity index (χ2v) is 3.60. The van der Waals surface area contributed by atoms with Gasteiger partial charge in [-0.1, -0.05) is 6.92 Å². The molecule has 0 aromatic carbocycles. The Morgan fingerprint density at radius 3 is 2.00 bits per heavy atom. The van der Waals surface area contributed by atoms with E-state index in [1.54, 1.807) is 19.0 Å². The van der Waals surface area contributed by atoms with Crippen LogP contribution in [0.15, 0.2) is 0 Å². The van der Waals surface area contributed by atoms with Gasteiger partial charge in [0.25, 0.3) is 0 Å². The van der Waals surface area contributed by atoms with Crippen LogP contribution in [0.4, 0.5) is 0 Å². The van der Waals surface area contributed by atoms with Gasteiger partial charge < -0.3 is 9.80 Å². The van der Waals surface area contributed by atoms with Crippen LogP contribution in [0.25, 0.3) is 0 Å². The van der Waals surface area contributed by atoms with Crippen molar-refractivity contribution >= 4 is 5.91 Å². The lowest BCUT2D eigenvalue weighted by molar-refractivity contribution is -0.133. The number of hydrogen-bond donors (Lipinski definition) is 0. The maximum absolute atomic E-state index is 11.5. The minimum atomic E-state index is 0.148. The highest BCUT2D eigenvalue weighted by atomic mass is 16.2. The molecule has 1 amide bonds. The fourth-order valence-electron chi connectivity index (χ4n) is 1.19. The minimum absolute atomic E-state index is 0.148. The van der Waals surface area contributed by atoms with Crippen LogP contribution in [0.3, 0.4) is 0 Å². The molecule has 0 rings (SSSR count). The smallest absolute Gasteiger partial charge is 0.226 e. The van der Waals surface area contributed by atoms with Gasteiger partial charge in [0.15, 0.2) is 0 Å². The SMILES string of the molecule is CCC(CN(C)C)C(=O)N(C)C. The Labute approximate surface area is 75.3 Å². The molecule has 72 valence electrons. The Morgan fingerprint density at radius 2 is 1.75 bits per heavy atom. The summed E-state index contributed by atoms with van der Waals surface area (Å²) in [4.78, 5) is 15.2. The summed E-state index contributed by atoms with van der Waals surface area (Å²) in [6.45, 7) is 2.89. The highest BCUT2D eigenvalue weighted by Gasteiger charge is 2.18. The molecule has 1 unspecified atom stereocenters. The highest BCUT2D eigenvalue weighted by molar-refractivity contribution is 5.78. The van der Waals surface area contributed by atoms with Crippen molar-refractivity contribution in [1.82, 2.24) is 9.80 Å². The van der Waals surface area contributed by atoms with Crippen molar-refractivity contribution < 1.29 is 4.79 Å².